The molecule has 1 aliphatic rings. The summed E-state index contributed by atoms with van der Waals surface area (Å²) in [7, 11) is 0. The summed E-state index contributed by atoms with van der Waals surface area (Å²) >= 11 is 0. The molecule has 1 atom stereocenters. The highest BCUT2D eigenvalue weighted by Gasteiger charge is 2.20. The quantitative estimate of drug-likeness (QED) is 0.567. The number of rotatable bonds is 10. The van der Waals surface area contributed by atoms with E-state index >= 15 is 0 Å². The van der Waals surface area contributed by atoms with Crippen LogP contribution < -0.4 is 0 Å². The van der Waals surface area contributed by atoms with Gasteiger partial charge in [-0.05, 0) is 31.6 Å². The van der Waals surface area contributed by atoms with Crippen LogP contribution >= 0.6 is 0 Å². The molecule has 0 aromatic carbocycles. The topological polar surface area (TPSA) is 15.7 Å². The van der Waals surface area contributed by atoms with Gasteiger partial charge in [0.2, 0.25) is 0 Å². The molecule has 0 spiro atoms. The number of piperazine rings is 1. The normalized spacial score (nSPS) is 19.5. The van der Waals surface area contributed by atoms with Gasteiger partial charge in [0.15, 0.2) is 0 Å². The number of hydrogen-bond donors (Lipinski definition) is 0. The Hall–Kier alpha value is -0.120. The molecule has 0 aromatic heterocycles. The molecule has 1 saturated heterocycles. The fourth-order valence-corrected chi connectivity index (χ4v) is 3.18. The minimum atomic E-state index is 0.467. The summed E-state index contributed by atoms with van der Waals surface area (Å²) in [5, 5.41) is 0. The van der Waals surface area contributed by atoms with Gasteiger partial charge in [-0.3, -0.25) is 9.80 Å². The first-order valence-corrected chi connectivity index (χ1v) is 9.46. The van der Waals surface area contributed by atoms with Crippen LogP contribution in [0.4, 0.5) is 0 Å². The van der Waals surface area contributed by atoms with Crippen LogP contribution in [0.15, 0.2) is 0 Å². The molecule has 0 amide bonds. The van der Waals surface area contributed by atoms with Crippen molar-refractivity contribution in [1.82, 2.24) is 9.80 Å². The minimum absolute atomic E-state index is 0.467. The highest BCUT2D eigenvalue weighted by Crippen LogP contribution is 2.21. The Balaban J connectivity index is 1.97. The Kier molecular flexibility index (Phi) is 9.62. The van der Waals surface area contributed by atoms with E-state index in [1.165, 1.54) is 58.3 Å². The molecule has 22 heavy (non-hydrogen) atoms. The van der Waals surface area contributed by atoms with Gasteiger partial charge in [-0.25, -0.2) is 0 Å². The van der Waals surface area contributed by atoms with E-state index in [-0.39, 0.29) is 0 Å². The molecule has 0 N–H and O–H groups in total. The number of nitrogens with zero attached hydrogens (tertiary/aromatic N) is 2. The second-order valence-electron chi connectivity index (χ2n) is 8.15. The minimum Gasteiger partial charge on any atom is -0.380 e. The summed E-state index contributed by atoms with van der Waals surface area (Å²) in [6, 6.07) is 0.756. The summed E-state index contributed by atoms with van der Waals surface area (Å²) in [5.41, 5.74) is 0.467. The molecular weight excluding hydrogens is 272 g/mol. The number of unbranched alkanes of at least 4 members (excludes halogenated alkanes) is 1. The maximum Gasteiger partial charge on any atom is 0.0593 e. The molecule has 132 valence electrons. The highest BCUT2D eigenvalue weighted by molar-refractivity contribution is 4.75. The molecule has 0 bridgehead atoms. The molecule has 1 rings (SSSR count). The molecule has 1 aliphatic heterocycles. The third-order valence-corrected chi connectivity index (χ3v) is 4.75. The van der Waals surface area contributed by atoms with Crippen molar-refractivity contribution < 1.29 is 4.74 Å². The van der Waals surface area contributed by atoms with E-state index in [2.05, 4.69) is 44.4 Å². The molecule has 0 saturated carbocycles. The summed E-state index contributed by atoms with van der Waals surface area (Å²) in [6.07, 6.45) is 6.42. The largest absolute Gasteiger partial charge is 0.380 e. The van der Waals surface area contributed by atoms with Crippen LogP contribution in [0, 0.1) is 5.41 Å². The van der Waals surface area contributed by atoms with Crippen molar-refractivity contribution in [2.24, 2.45) is 5.41 Å². The van der Waals surface area contributed by atoms with Crippen molar-refractivity contribution in [3.05, 3.63) is 0 Å². The first-order chi connectivity index (χ1) is 10.4. The van der Waals surface area contributed by atoms with E-state index in [1.54, 1.807) is 0 Å². The van der Waals surface area contributed by atoms with Crippen LogP contribution in [-0.2, 0) is 4.74 Å². The van der Waals surface area contributed by atoms with Crippen LogP contribution in [0.25, 0.3) is 0 Å². The Morgan fingerprint density at radius 1 is 1.00 bits per heavy atom. The molecular formula is C19H40N2O. The molecule has 1 heterocycles. The van der Waals surface area contributed by atoms with E-state index in [0.29, 0.717) is 5.41 Å². The summed E-state index contributed by atoms with van der Waals surface area (Å²) in [5.74, 6) is 0. The summed E-state index contributed by atoms with van der Waals surface area (Å²) < 4.78 is 5.81. The monoisotopic (exact) mass is 312 g/mol. The average Bonchev–Trinajstić information content (AvgIpc) is 2.46. The van der Waals surface area contributed by atoms with Crippen molar-refractivity contribution in [3.8, 4) is 0 Å². The predicted molar refractivity (Wildman–Crippen MR) is 96.5 cm³/mol. The van der Waals surface area contributed by atoms with Gasteiger partial charge in [0.1, 0.15) is 0 Å². The van der Waals surface area contributed by atoms with Crippen molar-refractivity contribution in [3.63, 3.8) is 0 Å². The molecule has 3 nitrogen and oxygen atoms in total. The van der Waals surface area contributed by atoms with Crippen molar-refractivity contribution in [2.75, 3.05) is 45.9 Å². The van der Waals surface area contributed by atoms with E-state index in [4.69, 9.17) is 4.74 Å². The molecule has 1 unspecified atom stereocenters. The lowest BCUT2D eigenvalue weighted by Gasteiger charge is -2.38. The lowest BCUT2D eigenvalue weighted by Crippen LogP contribution is -2.50. The maximum atomic E-state index is 5.81. The van der Waals surface area contributed by atoms with Crippen LogP contribution in [0.5, 0.6) is 0 Å². The second kappa shape index (κ2) is 10.6. The van der Waals surface area contributed by atoms with E-state index < -0.39 is 0 Å². The predicted octanol–water partition coefficient (Wildman–Crippen LogP) is 4.03. The van der Waals surface area contributed by atoms with Gasteiger partial charge < -0.3 is 4.74 Å². The van der Waals surface area contributed by atoms with Crippen LogP contribution in [0.2, 0.25) is 0 Å². The zero-order chi connectivity index (χ0) is 16.4. The Morgan fingerprint density at radius 3 is 2.27 bits per heavy atom. The van der Waals surface area contributed by atoms with Gasteiger partial charge in [-0.2, -0.15) is 0 Å². The molecule has 3 heteroatoms. The van der Waals surface area contributed by atoms with Gasteiger partial charge in [-0.1, -0.05) is 40.5 Å². The van der Waals surface area contributed by atoms with E-state index in [0.717, 1.165) is 25.8 Å². The van der Waals surface area contributed by atoms with Gasteiger partial charge >= 0.3 is 0 Å². The maximum absolute atomic E-state index is 5.81. The molecule has 0 aromatic rings. The van der Waals surface area contributed by atoms with Crippen molar-refractivity contribution >= 4 is 0 Å². The second-order valence-corrected chi connectivity index (χ2v) is 8.15. The fourth-order valence-electron chi connectivity index (χ4n) is 3.18. The Morgan fingerprint density at radius 2 is 1.68 bits per heavy atom. The Labute approximate surface area is 139 Å². The van der Waals surface area contributed by atoms with Crippen LogP contribution in [-0.4, -0.2) is 61.8 Å². The number of hydrogen-bond acceptors (Lipinski definition) is 3. The van der Waals surface area contributed by atoms with Gasteiger partial charge in [0.25, 0.3) is 0 Å². The van der Waals surface area contributed by atoms with Crippen molar-refractivity contribution in [1.29, 1.82) is 0 Å². The third kappa shape index (κ3) is 9.12. The standard InChI is InChI=1S/C19H40N2O/c1-6-9-18(2)21-13-11-20(12-14-21)15-17-22-16-8-7-10-19(3,4)5/h18H,6-17H2,1-5H3. The third-order valence-electron chi connectivity index (χ3n) is 4.75. The SMILES string of the molecule is CCCC(C)N1CCN(CCOCCCCC(C)(C)C)CC1. The van der Waals surface area contributed by atoms with E-state index in [9.17, 15) is 0 Å². The first kappa shape index (κ1) is 19.9. The van der Waals surface area contributed by atoms with Gasteiger partial charge in [0.05, 0.1) is 6.61 Å². The molecule has 0 aliphatic carbocycles. The summed E-state index contributed by atoms with van der Waals surface area (Å²) in [4.78, 5) is 5.21. The van der Waals surface area contributed by atoms with E-state index in [1.807, 2.05) is 0 Å². The summed E-state index contributed by atoms with van der Waals surface area (Å²) in [6.45, 7) is 19.4. The first-order valence-electron chi connectivity index (χ1n) is 9.46. The van der Waals surface area contributed by atoms with Crippen LogP contribution in [0.3, 0.4) is 0 Å². The zero-order valence-corrected chi connectivity index (χ0v) is 15.9. The van der Waals surface area contributed by atoms with Crippen LogP contribution in [0.1, 0.15) is 66.7 Å². The average molecular weight is 313 g/mol. The number of ether oxygens (including phenoxy) is 1. The lowest BCUT2D eigenvalue weighted by molar-refractivity contribution is 0.0607. The van der Waals surface area contributed by atoms with Gasteiger partial charge in [0, 0.05) is 45.4 Å². The fraction of sp³-hybridized carbons (Fsp3) is 1.00. The van der Waals surface area contributed by atoms with Gasteiger partial charge in [-0.15, -0.1) is 0 Å². The van der Waals surface area contributed by atoms with Crippen molar-refractivity contribution in [2.45, 2.75) is 72.8 Å². The smallest absolute Gasteiger partial charge is 0.0593 e. The molecule has 0 radical (unpaired) electrons. The molecule has 1 fully saturated rings. The zero-order valence-electron chi connectivity index (χ0n) is 15.9. The lowest BCUT2D eigenvalue weighted by atomic mass is 9.90. The Bertz CT molecular complexity index is 267. The highest BCUT2D eigenvalue weighted by atomic mass is 16.5.